The third-order valence-corrected chi connectivity index (χ3v) is 7.64. The van der Waals surface area contributed by atoms with E-state index in [9.17, 15) is 14.4 Å². The van der Waals surface area contributed by atoms with E-state index in [2.05, 4.69) is 26.7 Å². The van der Waals surface area contributed by atoms with Gasteiger partial charge in [0.2, 0.25) is 11.8 Å². The van der Waals surface area contributed by atoms with Crippen LogP contribution >= 0.6 is 0 Å². The molecule has 2 fully saturated rings. The molecular formula is C27H28N4O3. The summed E-state index contributed by atoms with van der Waals surface area (Å²) in [5.41, 5.74) is 7.27. The first-order valence-corrected chi connectivity index (χ1v) is 12.1. The Morgan fingerprint density at radius 1 is 0.912 bits per heavy atom. The molecule has 0 saturated heterocycles. The summed E-state index contributed by atoms with van der Waals surface area (Å²) in [4.78, 5) is 42.9. The molecule has 6 rings (SSSR count). The fourth-order valence-corrected chi connectivity index (χ4v) is 5.53. The lowest BCUT2D eigenvalue weighted by Crippen LogP contribution is -2.47. The number of hydrogen-bond donors (Lipinski definition) is 4. The van der Waals surface area contributed by atoms with Crippen LogP contribution in [0.4, 0.5) is 0 Å². The number of fused-ring (bicyclic) bond motifs is 2. The Morgan fingerprint density at radius 3 is 2.50 bits per heavy atom. The van der Waals surface area contributed by atoms with Gasteiger partial charge in [-0.2, -0.15) is 0 Å². The lowest BCUT2D eigenvalue weighted by Gasteiger charge is -2.35. The quantitative estimate of drug-likeness (QED) is 0.443. The number of aromatic amines is 2. The molecule has 0 radical (unpaired) electrons. The summed E-state index contributed by atoms with van der Waals surface area (Å²) in [6, 6.07) is 13.2. The van der Waals surface area contributed by atoms with Crippen LogP contribution in [0.1, 0.15) is 54.8 Å². The zero-order chi connectivity index (χ0) is 23.2. The third-order valence-electron chi connectivity index (χ3n) is 7.64. The van der Waals surface area contributed by atoms with Gasteiger partial charge in [0.05, 0.1) is 29.5 Å². The number of carbonyl (C=O) groups excluding carboxylic acids is 2. The largest absolute Gasteiger partial charge is 0.350 e. The van der Waals surface area contributed by atoms with Crippen molar-refractivity contribution >= 4 is 22.8 Å². The SMILES string of the molecule is O=C(Cc1ccc2[nH]c(=O)[nH]c2c1)N[C@@H]1Cc2ccccc2[C@H]1NC(=O)C1CC(=C2CCC2)C1. The highest BCUT2D eigenvalue weighted by Crippen LogP contribution is 2.42. The van der Waals surface area contributed by atoms with Crippen molar-refractivity contribution < 1.29 is 9.59 Å². The Balaban J connectivity index is 1.14. The molecule has 2 amide bonds. The fraction of sp³-hybridized carbons (Fsp3) is 0.370. The number of aromatic nitrogens is 2. The van der Waals surface area contributed by atoms with Gasteiger partial charge in [0.15, 0.2) is 0 Å². The molecule has 2 atom stereocenters. The highest BCUT2D eigenvalue weighted by atomic mass is 16.2. The van der Waals surface area contributed by atoms with Crippen LogP contribution in [-0.4, -0.2) is 27.8 Å². The Bertz CT molecular complexity index is 1370. The average molecular weight is 457 g/mol. The van der Waals surface area contributed by atoms with Gasteiger partial charge in [-0.3, -0.25) is 9.59 Å². The molecule has 1 aromatic heterocycles. The normalized spacial score (nSPS) is 23.2. The standard InChI is InChI=1S/C27H28N4O3/c32-24(11-15-8-9-21-22(10-15)30-27(34)29-21)28-23-14-17-4-1-2-7-20(17)25(23)31-26(33)19-12-18(13-19)16-5-3-6-16/h1-2,4,7-10,19,23,25H,3,5-6,11-14H2,(H,28,32)(H,31,33)(H2,29,30,34)/t23-,25-/m1/s1. The number of hydrogen-bond acceptors (Lipinski definition) is 3. The van der Waals surface area contributed by atoms with Crippen molar-refractivity contribution in [3.8, 4) is 0 Å². The van der Waals surface area contributed by atoms with Crippen molar-refractivity contribution in [2.45, 2.75) is 57.0 Å². The smallest absolute Gasteiger partial charge is 0.323 e. The second-order valence-electron chi connectivity index (χ2n) is 9.86. The molecular weight excluding hydrogens is 428 g/mol. The number of rotatable bonds is 5. The molecule has 1 heterocycles. The van der Waals surface area contributed by atoms with Gasteiger partial charge >= 0.3 is 5.69 Å². The minimum atomic E-state index is -0.263. The van der Waals surface area contributed by atoms with E-state index in [0.29, 0.717) is 11.9 Å². The minimum absolute atomic E-state index is 0.0439. The van der Waals surface area contributed by atoms with Gasteiger partial charge in [0.25, 0.3) is 0 Å². The highest BCUT2D eigenvalue weighted by molar-refractivity contribution is 5.83. The maximum absolute atomic E-state index is 13.0. The predicted molar refractivity (Wildman–Crippen MR) is 129 cm³/mol. The predicted octanol–water partition coefficient (Wildman–Crippen LogP) is 3.19. The Kier molecular flexibility index (Phi) is 5.12. The van der Waals surface area contributed by atoms with Crippen molar-refractivity contribution in [1.82, 2.24) is 20.6 Å². The van der Waals surface area contributed by atoms with Crippen molar-refractivity contribution in [2.75, 3.05) is 0 Å². The first kappa shape index (κ1) is 21.0. The average Bonchev–Trinajstić information content (AvgIpc) is 3.27. The molecule has 3 aliphatic carbocycles. The van der Waals surface area contributed by atoms with E-state index in [-0.39, 0.29) is 41.9 Å². The Labute approximate surface area is 197 Å². The van der Waals surface area contributed by atoms with E-state index in [0.717, 1.165) is 35.0 Å². The van der Waals surface area contributed by atoms with Crippen molar-refractivity contribution in [3.05, 3.63) is 80.8 Å². The van der Waals surface area contributed by atoms with Gasteiger partial charge in [0, 0.05) is 5.92 Å². The summed E-state index contributed by atoms with van der Waals surface area (Å²) < 4.78 is 0. The minimum Gasteiger partial charge on any atom is -0.350 e. The Hall–Kier alpha value is -3.61. The van der Waals surface area contributed by atoms with E-state index >= 15 is 0 Å². The van der Waals surface area contributed by atoms with Crippen LogP contribution in [0.25, 0.3) is 11.0 Å². The number of carbonyl (C=O) groups is 2. The molecule has 7 nitrogen and oxygen atoms in total. The molecule has 34 heavy (non-hydrogen) atoms. The zero-order valence-electron chi connectivity index (χ0n) is 18.9. The van der Waals surface area contributed by atoms with Crippen molar-refractivity contribution in [2.24, 2.45) is 5.92 Å². The molecule has 0 aliphatic heterocycles. The fourth-order valence-electron chi connectivity index (χ4n) is 5.53. The monoisotopic (exact) mass is 456 g/mol. The molecule has 2 saturated carbocycles. The van der Waals surface area contributed by atoms with Crippen LogP contribution in [-0.2, 0) is 22.4 Å². The van der Waals surface area contributed by atoms with Gasteiger partial charge < -0.3 is 20.6 Å². The van der Waals surface area contributed by atoms with Gasteiger partial charge in [-0.25, -0.2) is 4.79 Å². The molecule has 4 N–H and O–H groups in total. The van der Waals surface area contributed by atoms with Gasteiger partial charge in [-0.15, -0.1) is 0 Å². The first-order chi connectivity index (χ1) is 16.5. The molecule has 3 aromatic rings. The summed E-state index contributed by atoms with van der Waals surface area (Å²) in [5.74, 6) is 0.0314. The summed E-state index contributed by atoms with van der Waals surface area (Å²) in [7, 11) is 0. The number of H-pyrrole nitrogens is 2. The van der Waals surface area contributed by atoms with Crippen LogP contribution in [0.3, 0.4) is 0 Å². The highest BCUT2D eigenvalue weighted by Gasteiger charge is 2.38. The molecule has 0 bridgehead atoms. The number of amides is 2. The second-order valence-corrected chi connectivity index (χ2v) is 9.86. The molecule has 7 heteroatoms. The van der Waals surface area contributed by atoms with Gasteiger partial charge in [-0.05, 0) is 67.3 Å². The lowest BCUT2D eigenvalue weighted by molar-refractivity contribution is -0.128. The summed E-state index contributed by atoms with van der Waals surface area (Å²) in [6.45, 7) is 0. The van der Waals surface area contributed by atoms with Crippen LogP contribution in [0.2, 0.25) is 0 Å². The van der Waals surface area contributed by atoms with Crippen molar-refractivity contribution in [3.63, 3.8) is 0 Å². The third kappa shape index (κ3) is 3.85. The van der Waals surface area contributed by atoms with Crippen molar-refractivity contribution in [1.29, 1.82) is 0 Å². The summed E-state index contributed by atoms with van der Waals surface area (Å²) in [6.07, 6.45) is 6.37. The topological polar surface area (TPSA) is 107 Å². The summed E-state index contributed by atoms with van der Waals surface area (Å²) in [5, 5.41) is 6.42. The molecule has 2 aromatic carbocycles. The van der Waals surface area contributed by atoms with Crippen LogP contribution < -0.4 is 16.3 Å². The molecule has 174 valence electrons. The zero-order valence-corrected chi connectivity index (χ0v) is 18.9. The second kappa shape index (κ2) is 8.31. The van der Waals surface area contributed by atoms with Crippen LogP contribution in [0.5, 0.6) is 0 Å². The lowest BCUT2D eigenvalue weighted by atomic mass is 9.72. The number of nitrogens with one attached hydrogen (secondary N) is 4. The molecule has 0 spiro atoms. The van der Waals surface area contributed by atoms with E-state index < -0.39 is 0 Å². The van der Waals surface area contributed by atoms with Gasteiger partial charge in [0.1, 0.15) is 0 Å². The van der Waals surface area contributed by atoms with Crippen LogP contribution in [0, 0.1) is 5.92 Å². The van der Waals surface area contributed by atoms with E-state index in [1.165, 1.54) is 24.8 Å². The van der Waals surface area contributed by atoms with Crippen LogP contribution in [0.15, 0.2) is 58.4 Å². The molecule has 3 aliphatic rings. The van der Waals surface area contributed by atoms with E-state index in [1.54, 1.807) is 11.6 Å². The van der Waals surface area contributed by atoms with E-state index in [4.69, 9.17) is 0 Å². The number of benzene rings is 2. The molecule has 0 unspecified atom stereocenters. The summed E-state index contributed by atoms with van der Waals surface area (Å²) >= 11 is 0. The number of imidazole rings is 1. The maximum Gasteiger partial charge on any atom is 0.323 e. The first-order valence-electron chi connectivity index (χ1n) is 12.1. The maximum atomic E-state index is 13.0. The van der Waals surface area contributed by atoms with E-state index in [1.807, 2.05) is 30.3 Å². The van der Waals surface area contributed by atoms with Gasteiger partial charge in [-0.1, -0.05) is 41.5 Å². The number of allylic oxidation sites excluding steroid dienone is 2. The Morgan fingerprint density at radius 2 is 1.71 bits per heavy atom.